The lowest BCUT2D eigenvalue weighted by Crippen LogP contribution is -2.59. The Balaban J connectivity index is 1.58. The number of hydrogen-bond acceptors (Lipinski definition) is 4. The predicted molar refractivity (Wildman–Crippen MR) is 111 cm³/mol. The van der Waals surface area contributed by atoms with Crippen molar-refractivity contribution in [3.8, 4) is 5.75 Å². The van der Waals surface area contributed by atoms with E-state index in [-0.39, 0.29) is 11.9 Å². The molecule has 28 heavy (non-hydrogen) atoms. The van der Waals surface area contributed by atoms with Gasteiger partial charge >= 0.3 is 0 Å². The fourth-order valence-corrected chi connectivity index (χ4v) is 5.04. The van der Waals surface area contributed by atoms with Crippen LogP contribution in [0.1, 0.15) is 43.4 Å². The van der Waals surface area contributed by atoms with E-state index in [1.54, 1.807) is 6.07 Å². The SMILES string of the molecule is CCN1CCC2(CC1)Oc1ccc(Br)cc1[C@@H]1CC(c3ccccc3F)=NN12. The van der Waals surface area contributed by atoms with Crippen LogP contribution in [0.2, 0.25) is 0 Å². The van der Waals surface area contributed by atoms with Crippen molar-refractivity contribution in [2.24, 2.45) is 5.10 Å². The molecule has 6 heteroatoms. The maximum atomic E-state index is 14.5. The van der Waals surface area contributed by atoms with Gasteiger partial charge in [0.15, 0.2) is 0 Å². The molecule has 4 nitrogen and oxygen atoms in total. The van der Waals surface area contributed by atoms with Gasteiger partial charge in [-0.2, -0.15) is 5.10 Å². The van der Waals surface area contributed by atoms with Crippen LogP contribution in [0.4, 0.5) is 4.39 Å². The Morgan fingerprint density at radius 2 is 2.00 bits per heavy atom. The Hall–Kier alpha value is -1.92. The second-order valence-corrected chi connectivity index (χ2v) is 8.67. The molecule has 0 radical (unpaired) electrons. The third-order valence-corrected chi connectivity index (χ3v) is 6.72. The molecule has 0 amide bonds. The number of benzene rings is 2. The standard InChI is InChI=1S/C22H23BrFN3O/c1-2-26-11-9-22(10-12-26)27-20(17-13-15(23)7-8-21(17)28-22)14-19(25-27)16-5-3-4-6-18(16)24/h3-8,13,20H,2,9-12,14H2,1H3/t20-/m0/s1. The van der Waals surface area contributed by atoms with Gasteiger partial charge in [0.05, 0.1) is 11.8 Å². The fraction of sp³-hybridized carbons (Fsp3) is 0.409. The van der Waals surface area contributed by atoms with E-state index in [1.807, 2.05) is 24.3 Å². The molecule has 0 saturated carbocycles. The maximum Gasteiger partial charge on any atom is 0.200 e. The first kappa shape index (κ1) is 18.1. The van der Waals surface area contributed by atoms with Crippen molar-refractivity contribution in [2.75, 3.05) is 19.6 Å². The number of hydrogen-bond donors (Lipinski definition) is 0. The summed E-state index contributed by atoms with van der Waals surface area (Å²) in [6, 6.07) is 13.2. The molecule has 0 N–H and O–H groups in total. The van der Waals surface area contributed by atoms with Gasteiger partial charge in [-0.1, -0.05) is 41.1 Å². The maximum absolute atomic E-state index is 14.5. The van der Waals surface area contributed by atoms with Crippen LogP contribution < -0.4 is 4.74 Å². The lowest BCUT2D eigenvalue weighted by atomic mass is 9.90. The molecule has 0 unspecified atom stereocenters. The largest absolute Gasteiger partial charge is 0.466 e. The summed E-state index contributed by atoms with van der Waals surface area (Å²) in [6.07, 6.45) is 2.47. The van der Waals surface area contributed by atoms with Crippen molar-refractivity contribution >= 4 is 21.6 Å². The van der Waals surface area contributed by atoms with E-state index in [9.17, 15) is 4.39 Å². The summed E-state index contributed by atoms with van der Waals surface area (Å²) in [5.74, 6) is 0.714. The lowest BCUT2D eigenvalue weighted by Gasteiger charge is -2.51. The van der Waals surface area contributed by atoms with Gasteiger partial charge in [-0.05, 0) is 30.8 Å². The van der Waals surface area contributed by atoms with Crippen LogP contribution in [0.25, 0.3) is 0 Å². The monoisotopic (exact) mass is 443 g/mol. The summed E-state index contributed by atoms with van der Waals surface area (Å²) < 4.78 is 22.1. The molecular weight excluding hydrogens is 421 g/mol. The molecule has 0 aromatic heterocycles. The van der Waals surface area contributed by atoms with Gasteiger partial charge in [-0.15, -0.1) is 0 Å². The summed E-state index contributed by atoms with van der Waals surface area (Å²) >= 11 is 3.59. The molecule has 3 aliphatic rings. The molecule has 0 bridgehead atoms. The molecule has 1 saturated heterocycles. The van der Waals surface area contributed by atoms with E-state index in [2.05, 4.69) is 38.8 Å². The number of likely N-dealkylation sites (tertiary alicyclic amines) is 1. The average Bonchev–Trinajstić information content (AvgIpc) is 3.16. The second kappa shape index (κ2) is 6.85. The smallest absolute Gasteiger partial charge is 0.200 e. The van der Waals surface area contributed by atoms with Crippen LogP contribution in [0.5, 0.6) is 5.75 Å². The zero-order valence-electron chi connectivity index (χ0n) is 15.9. The minimum absolute atomic E-state index is 0.0732. The highest BCUT2D eigenvalue weighted by atomic mass is 79.9. The molecule has 1 fully saturated rings. The van der Waals surface area contributed by atoms with Crippen LogP contribution in [-0.4, -0.2) is 41.0 Å². The Bertz CT molecular complexity index is 939. The normalized spacial score (nSPS) is 23.2. The van der Waals surface area contributed by atoms with Crippen molar-refractivity contribution in [1.82, 2.24) is 9.91 Å². The highest BCUT2D eigenvalue weighted by Gasteiger charge is 2.51. The van der Waals surface area contributed by atoms with E-state index in [0.717, 1.165) is 54.0 Å². The predicted octanol–water partition coefficient (Wildman–Crippen LogP) is 4.94. The number of piperidine rings is 1. The van der Waals surface area contributed by atoms with E-state index in [1.165, 1.54) is 6.07 Å². The number of rotatable bonds is 2. The third-order valence-electron chi connectivity index (χ3n) is 6.23. The zero-order chi connectivity index (χ0) is 19.3. The van der Waals surface area contributed by atoms with Gasteiger partial charge in [-0.25, -0.2) is 9.40 Å². The number of ether oxygens (including phenoxy) is 1. The van der Waals surface area contributed by atoms with Crippen molar-refractivity contribution in [3.05, 3.63) is 63.9 Å². The number of hydrazone groups is 1. The highest BCUT2D eigenvalue weighted by Crippen LogP contribution is 2.50. The van der Waals surface area contributed by atoms with Gasteiger partial charge in [0, 0.05) is 48.0 Å². The Morgan fingerprint density at radius 1 is 1.21 bits per heavy atom. The molecule has 3 heterocycles. The zero-order valence-corrected chi connectivity index (χ0v) is 17.5. The van der Waals surface area contributed by atoms with Crippen LogP contribution in [0.3, 0.4) is 0 Å². The quantitative estimate of drug-likeness (QED) is 0.657. The molecule has 5 rings (SSSR count). The lowest BCUT2D eigenvalue weighted by molar-refractivity contribution is -0.149. The minimum atomic E-state index is -0.454. The highest BCUT2D eigenvalue weighted by molar-refractivity contribution is 9.10. The van der Waals surface area contributed by atoms with E-state index >= 15 is 0 Å². The van der Waals surface area contributed by atoms with Crippen molar-refractivity contribution in [3.63, 3.8) is 0 Å². The first-order chi connectivity index (χ1) is 13.6. The number of nitrogens with zero attached hydrogens (tertiary/aromatic N) is 3. The minimum Gasteiger partial charge on any atom is -0.466 e. The summed E-state index contributed by atoms with van der Waals surface area (Å²) in [6.45, 7) is 5.21. The van der Waals surface area contributed by atoms with Gasteiger partial charge in [0.25, 0.3) is 0 Å². The molecule has 1 atom stereocenters. The average molecular weight is 444 g/mol. The van der Waals surface area contributed by atoms with Crippen molar-refractivity contribution < 1.29 is 9.13 Å². The fourth-order valence-electron chi connectivity index (χ4n) is 4.66. The molecule has 0 aliphatic carbocycles. The van der Waals surface area contributed by atoms with E-state index in [0.29, 0.717) is 12.0 Å². The second-order valence-electron chi connectivity index (χ2n) is 7.76. The van der Waals surface area contributed by atoms with Crippen molar-refractivity contribution in [1.29, 1.82) is 0 Å². The van der Waals surface area contributed by atoms with Gasteiger partial charge in [-0.3, -0.25) is 0 Å². The summed E-state index contributed by atoms with van der Waals surface area (Å²) in [5.41, 5.74) is 2.06. The molecule has 146 valence electrons. The molecule has 2 aromatic carbocycles. The molecule has 2 aromatic rings. The topological polar surface area (TPSA) is 28.1 Å². The van der Waals surface area contributed by atoms with Gasteiger partial charge in [0.2, 0.25) is 5.72 Å². The Kier molecular flexibility index (Phi) is 4.43. The van der Waals surface area contributed by atoms with Crippen molar-refractivity contribution in [2.45, 2.75) is 38.0 Å². The van der Waals surface area contributed by atoms with Gasteiger partial charge < -0.3 is 9.64 Å². The Morgan fingerprint density at radius 3 is 2.75 bits per heavy atom. The summed E-state index contributed by atoms with van der Waals surface area (Å²) in [5, 5.41) is 7.08. The first-order valence-electron chi connectivity index (χ1n) is 9.92. The van der Waals surface area contributed by atoms with Crippen LogP contribution >= 0.6 is 15.9 Å². The van der Waals surface area contributed by atoms with Crippen LogP contribution in [0, 0.1) is 5.82 Å². The summed E-state index contributed by atoms with van der Waals surface area (Å²) in [4.78, 5) is 2.44. The van der Waals surface area contributed by atoms with Gasteiger partial charge in [0.1, 0.15) is 11.6 Å². The third kappa shape index (κ3) is 2.85. The van der Waals surface area contributed by atoms with Crippen LogP contribution in [-0.2, 0) is 0 Å². The Labute approximate surface area is 173 Å². The first-order valence-corrected chi connectivity index (χ1v) is 10.7. The summed E-state index contributed by atoms with van der Waals surface area (Å²) in [7, 11) is 0. The number of halogens is 2. The van der Waals surface area contributed by atoms with E-state index < -0.39 is 5.72 Å². The van der Waals surface area contributed by atoms with Crippen LogP contribution in [0.15, 0.2) is 52.0 Å². The van der Waals surface area contributed by atoms with E-state index in [4.69, 9.17) is 9.84 Å². The molecular formula is C22H23BrFN3O. The molecule has 3 aliphatic heterocycles. The molecule has 1 spiro atoms. The number of fused-ring (bicyclic) bond motifs is 4.